The lowest BCUT2D eigenvalue weighted by Gasteiger charge is -2.16. The third kappa shape index (κ3) is 4.80. The maximum absolute atomic E-state index is 3.59. The van der Waals surface area contributed by atoms with Gasteiger partial charge >= 0.3 is 0 Å². The fourth-order valence-corrected chi connectivity index (χ4v) is 2.15. The minimum absolute atomic E-state index is 0.661. The summed E-state index contributed by atoms with van der Waals surface area (Å²) in [4.78, 5) is 0. The molecule has 0 aromatic heterocycles. The molecule has 0 aliphatic rings. The minimum Gasteiger partial charge on any atom is -0.310 e. The van der Waals surface area contributed by atoms with Crippen LogP contribution in [-0.2, 0) is 6.54 Å². The average molecular weight is 270 g/mol. The molecule has 0 bridgehead atoms. The van der Waals surface area contributed by atoms with E-state index in [-0.39, 0.29) is 0 Å². The van der Waals surface area contributed by atoms with Gasteiger partial charge in [0.15, 0.2) is 0 Å². The van der Waals surface area contributed by atoms with Gasteiger partial charge in [-0.1, -0.05) is 48.3 Å². The molecular weight excluding hydrogens is 250 g/mol. The molecule has 0 saturated heterocycles. The second-order valence-electron chi connectivity index (χ2n) is 3.90. The molecule has 0 heterocycles. The zero-order valence-electron chi connectivity index (χ0n) is 9.59. The van der Waals surface area contributed by atoms with Crippen LogP contribution in [0.5, 0.6) is 0 Å². The SMILES string of the molecule is CCCC(CC)NCc1cccc(Br)c1. The highest BCUT2D eigenvalue weighted by Crippen LogP contribution is 2.12. The molecule has 0 spiro atoms. The molecule has 15 heavy (non-hydrogen) atoms. The average Bonchev–Trinajstić information content (AvgIpc) is 2.24. The van der Waals surface area contributed by atoms with E-state index in [1.165, 1.54) is 24.8 Å². The van der Waals surface area contributed by atoms with Crippen LogP contribution in [-0.4, -0.2) is 6.04 Å². The molecular formula is C13H20BrN. The lowest BCUT2D eigenvalue weighted by Crippen LogP contribution is -2.27. The van der Waals surface area contributed by atoms with Crippen molar-refractivity contribution >= 4 is 15.9 Å². The maximum Gasteiger partial charge on any atom is 0.0208 e. The quantitative estimate of drug-likeness (QED) is 0.820. The zero-order chi connectivity index (χ0) is 11.1. The van der Waals surface area contributed by atoms with Gasteiger partial charge in [0.2, 0.25) is 0 Å². The van der Waals surface area contributed by atoms with Gasteiger partial charge in [0.25, 0.3) is 0 Å². The second-order valence-corrected chi connectivity index (χ2v) is 4.82. The van der Waals surface area contributed by atoms with Gasteiger partial charge in [0, 0.05) is 17.1 Å². The fourth-order valence-electron chi connectivity index (χ4n) is 1.71. The van der Waals surface area contributed by atoms with E-state index in [1.54, 1.807) is 0 Å². The first-order valence-electron chi connectivity index (χ1n) is 5.74. The smallest absolute Gasteiger partial charge is 0.0208 e. The Morgan fingerprint density at radius 2 is 2.13 bits per heavy atom. The Hall–Kier alpha value is -0.340. The summed E-state index contributed by atoms with van der Waals surface area (Å²) >= 11 is 3.49. The molecule has 1 nitrogen and oxygen atoms in total. The van der Waals surface area contributed by atoms with Gasteiger partial charge in [-0.2, -0.15) is 0 Å². The Labute approximate surface area is 101 Å². The van der Waals surface area contributed by atoms with Gasteiger partial charge in [-0.15, -0.1) is 0 Å². The molecule has 1 unspecified atom stereocenters. The van der Waals surface area contributed by atoms with Crippen molar-refractivity contribution in [1.29, 1.82) is 0 Å². The first-order valence-corrected chi connectivity index (χ1v) is 6.53. The van der Waals surface area contributed by atoms with Crippen LogP contribution < -0.4 is 5.32 Å². The predicted octanol–water partition coefficient (Wildman–Crippen LogP) is 4.12. The lowest BCUT2D eigenvalue weighted by molar-refractivity contribution is 0.462. The number of hydrogen-bond donors (Lipinski definition) is 1. The van der Waals surface area contributed by atoms with E-state index in [2.05, 4.69) is 59.4 Å². The second kappa shape index (κ2) is 7.02. The number of halogens is 1. The van der Waals surface area contributed by atoms with Crippen LogP contribution in [0, 0.1) is 0 Å². The summed E-state index contributed by atoms with van der Waals surface area (Å²) in [6.07, 6.45) is 3.73. The lowest BCUT2D eigenvalue weighted by atomic mass is 10.1. The summed E-state index contributed by atoms with van der Waals surface area (Å²) < 4.78 is 1.16. The predicted molar refractivity (Wildman–Crippen MR) is 70.0 cm³/mol. The molecule has 84 valence electrons. The van der Waals surface area contributed by atoms with Crippen molar-refractivity contribution in [1.82, 2.24) is 5.32 Å². The molecule has 1 aromatic rings. The van der Waals surface area contributed by atoms with E-state index in [0.29, 0.717) is 6.04 Å². The molecule has 0 aliphatic heterocycles. The van der Waals surface area contributed by atoms with E-state index < -0.39 is 0 Å². The normalized spacial score (nSPS) is 12.7. The molecule has 0 amide bonds. The van der Waals surface area contributed by atoms with Gasteiger partial charge < -0.3 is 5.32 Å². The zero-order valence-corrected chi connectivity index (χ0v) is 11.2. The van der Waals surface area contributed by atoms with Crippen LogP contribution in [0.4, 0.5) is 0 Å². The van der Waals surface area contributed by atoms with Crippen molar-refractivity contribution in [2.45, 2.75) is 45.7 Å². The topological polar surface area (TPSA) is 12.0 Å². The van der Waals surface area contributed by atoms with E-state index >= 15 is 0 Å². The number of rotatable bonds is 6. The van der Waals surface area contributed by atoms with Crippen molar-refractivity contribution in [2.24, 2.45) is 0 Å². The van der Waals surface area contributed by atoms with Crippen LogP contribution in [0.2, 0.25) is 0 Å². The van der Waals surface area contributed by atoms with Crippen molar-refractivity contribution in [2.75, 3.05) is 0 Å². The highest BCUT2D eigenvalue weighted by Gasteiger charge is 2.03. The molecule has 0 saturated carbocycles. The molecule has 0 radical (unpaired) electrons. The largest absolute Gasteiger partial charge is 0.310 e. The Morgan fingerprint density at radius 1 is 1.33 bits per heavy atom. The van der Waals surface area contributed by atoms with Gasteiger partial charge in [0.1, 0.15) is 0 Å². The van der Waals surface area contributed by atoms with E-state index in [4.69, 9.17) is 0 Å². The van der Waals surface area contributed by atoms with Crippen molar-refractivity contribution in [3.63, 3.8) is 0 Å². The van der Waals surface area contributed by atoms with Crippen molar-refractivity contribution in [3.05, 3.63) is 34.3 Å². The molecule has 1 N–H and O–H groups in total. The van der Waals surface area contributed by atoms with Gasteiger partial charge in [-0.05, 0) is 30.5 Å². The standard InChI is InChI=1S/C13H20BrN/c1-3-6-13(4-2)15-10-11-7-5-8-12(14)9-11/h5,7-9,13,15H,3-4,6,10H2,1-2H3. The Kier molecular flexibility index (Phi) is 5.96. The Bertz CT molecular complexity index is 286. The molecule has 2 heteroatoms. The van der Waals surface area contributed by atoms with Crippen LogP contribution in [0.25, 0.3) is 0 Å². The van der Waals surface area contributed by atoms with Crippen LogP contribution in [0.3, 0.4) is 0 Å². The van der Waals surface area contributed by atoms with E-state index in [0.717, 1.165) is 11.0 Å². The van der Waals surface area contributed by atoms with Gasteiger partial charge in [-0.25, -0.2) is 0 Å². The molecule has 1 aromatic carbocycles. The van der Waals surface area contributed by atoms with Crippen LogP contribution in [0.15, 0.2) is 28.7 Å². The summed E-state index contributed by atoms with van der Waals surface area (Å²) in [7, 11) is 0. The third-order valence-electron chi connectivity index (χ3n) is 2.61. The third-order valence-corrected chi connectivity index (χ3v) is 3.11. The number of benzene rings is 1. The van der Waals surface area contributed by atoms with Gasteiger partial charge in [-0.3, -0.25) is 0 Å². The number of nitrogens with one attached hydrogen (secondary N) is 1. The summed E-state index contributed by atoms with van der Waals surface area (Å²) in [5, 5.41) is 3.59. The van der Waals surface area contributed by atoms with E-state index in [9.17, 15) is 0 Å². The monoisotopic (exact) mass is 269 g/mol. The fraction of sp³-hybridized carbons (Fsp3) is 0.538. The summed E-state index contributed by atoms with van der Waals surface area (Å²) in [6, 6.07) is 9.14. The van der Waals surface area contributed by atoms with Gasteiger partial charge in [0.05, 0.1) is 0 Å². The summed E-state index contributed by atoms with van der Waals surface area (Å²) in [5.74, 6) is 0. The Balaban J connectivity index is 2.41. The minimum atomic E-state index is 0.661. The summed E-state index contributed by atoms with van der Waals surface area (Å²) in [5.41, 5.74) is 1.35. The van der Waals surface area contributed by atoms with Crippen LogP contribution >= 0.6 is 15.9 Å². The molecule has 1 atom stereocenters. The first kappa shape index (κ1) is 12.7. The highest BCUT2D eigenvalue weighted by molar-refractivity contribution is 9.10. The highest BCUT2D eigenvalue weighted by atomic mass is 79.9. The molecule has 0 fully saturated rings. The molecule has 1 rings (SSSR count). The van der Waals surface area contributed by atoms with Crippen molar-refractivity contribution < 1.29 is 0 Å². The van der Waals surface area contributed by atoms with E-state index in [1.807, 2.05) is 0 Å². The maximum atomic E-state index is 3.59. The summed E-state index contributed by atoms with van der Waals surface area (Å²) in [6.45, 7) is 5.45. The molecule has 0 aliphatic carbocycles. The van der Waals surface area contributed by atoms with Crippen LogP contribution in [0.1, 0.15) is 38.7 Å². The first-order chi connectivity index (χ1) is 7.26. The number of hydrogen-bond acceptors (Lipinski definition) is 1. The Morgan fingerprint density at radius 3 is 2.73 bits per heavy atom. The van der Waals surface area contributed by atoms with Crippen molar-refractivity contribution in [3.8, 4) is 0 Å².